The highest BCUT2D eigenvalue weighted by Crippen LogP contribution is 2.23. The first kappa shape index (κ1) is 15.0. The van der Waals surface area contributed by atoms with Gasteiger partial charge >= 0.3 is 0 Å². The number of furan rings is 1. The predicted molar refractivity (Wildman–Crippen MR) is 92.3 cm³/mol. The normalized spacial score (nSPS) is 15.8. The number of fused-ring (bicyclic) bond motifs is 1. The Labute approximate surface area is 140 Å². The number of anilines is 1. The molecule has 2 aromatic heterocycles. The van der Waals surface area contributed by atoms with Gasteiger partial charge in [-0.15, -0.1) is 0 Å². The molecule has 0 spiro atoms. The zero-order chi connectivity index (χ0) is 16.4. The fourth-order valence-corrected chi connectivity index (χ4v) is 3.15. The number of methoxy groups -OCH3 is 1. The fraction of sp³-hybridized carbons (Fsp3) is 0.333. The summed E-state index contributed by atoms with van der Waals surface area (Å²) in [5.74, 6) is 1.53. The minimum atomic E-state index is 0.604. The summed E-state index contributed by atoms with van der Waals surface area (Å²) < 4.78 is 10.8. The Hall–Kier alpha value is -2.60. The highest BCUT2D eigenvalue weighted by atomic mass is 16.5. The Balaban J connectivity index is 1.41. The summed E-state index contributed by atoms with van der Waals surface area (Å²) >= 11 is 0. The molecule has 0 aliphatic carbocycles. The lowest BCUT2D eigenvalue weighted by molar-refractivity contribution is 0.249. The molecule has 0 saturated carbocycles. The molecule has 0 N–H and O–H groups in total. The van der Waals surface area contributed by atoms with Crippen molar-refractivity contribution >= 4 is 16.8 Å². The Morgan fingerprint density at radius 1 is 1.12 bits per heavy atom. The van der Waals surface area contributed by atoms with Gasteiger partial charge in [0.1, 0.15) is 17.7 Å². The van der Waals surface area contributed by atoms with Crippen LogP contribution in [0.25, 0.3) is 11.0 Å². The summed E-state index contributed by atoms with van der Waals surface area (Å²) in [5.41, 5.74) is 2.21. The number of nitrogens with zero attached hydrogens (tertiary/aromatic N) is 4. The molecule has 1 aliphatic heterocycles. The van der Waals surface area contributed by atoms with Crippen molar-refractivity contribution in [3.8, 4) is 5.88 Å². The number of piperazine rings is 1. The van der Waals surface area contributed by atoms with E-state index < -0.39 is 0 Å². The van der Waals surface area contributed by atoms with Gasteiger partial charge in [-0.1, -0.05) is 18.2 Å². The van der Waals surface area contributed by atoms with E-state index in [1.54, 1.807) is 13.4 Å². The van der Waals surface area contributed by atoms with Crippen LogP contribution in [0.5, 0.6) is 5.88 Å². The third-order valence-corrected chi connectivity index (χ3v) is 4.49. The van der Waals surface area contributed by atoms with Crippen molar-refractivity contribution in [2.75, 3.05) is 38.2 Å². The maximum atomic E-state index is 5.64. The second-order valence-corrected chi connectivity index (χ2v) is 5.94. The highest BCUT2D eigenvalue weighted by Gasteiger charge is 2.20. The first-order valence-electron chi connectivity index (χ1n) is 8.12. The van der Waals surface area contributed by atoms with Crippen LogP contribution in [-0.2, 0) is 6.54 Å². The second kappa shape index (κ2) is 6.49. The van der Waals surface area contributed by atoms with Gasteiger partial charge in [0.2, 0.25) is 5.88 Å². The van der Waals surface area contributed by atoms with Crippen molar-refractivity contribution in [1.29, 1.82) is 0 Å². The molecular weight excluding hydrogens is 304 g/mol. The van der Waals surface area contributed by atoms with E-state index in [4.69, 9.17) is 9.15 Å². The zero-order valence-electron chi connectivity index (χ0n) is 13.7. The number of ether oxygens (including phenoxy) is 1. The first-order chi connectivity index (χ1) is 11.8. The van der Waals surface area contributed by atoms with Crippen LogP contribution >= 0.6 is 0 Å². The number of para-hydroxylation sites is 1. The molecule has 3 aromatic rings. The lowest BCUT2D eigenvalue weighted by Gasteiger charge is -2.35. The topological polar surface area (TPSA) is 54.6 Å². The number of hydrogen-bond donors (Lipinski definition) is 0. The van der Waals surface area contributed by atoms with E-state index in [1.165, 1.54) is 10.9 Å². The highest BCUT2D eigenvalue weighted by molar-refractivity contribution is 5.80. The van der Waals surface area contributed by atoms with E-state index in [1.807, 2.05) is 24.5 Å². The van der Waals surface area contributed by atoms with E-state index >= 15 is 0 Å². The van der Waals surface area contributed by atoms with Crippen LogP contribution in [0.3, 0.4) is 0 Å². The first-order valence-corrected chi connectivity index (χ1v) is 8.12. The van der Waals surface area contributed by atoms with Crippen molar-refractivity contribution in [3.63, 3.8) is 0 Å². The molecule has 1 fully saturated rings. The van der Waals surface area contributed by atoms with E-state index in [2.05, 4.69) is 31.9 Å². The monoisotopic (exact) mass is 324 g/mol. The number of aromatic nitrogens is 2. The molecule has 124 valence electrons. The third-order valence-electron chi connectivity index (χ3n) is 4.49. The maximum absolute atomic E-state index is 5.64. The Bertz CT molecular complexity index is 825. The van der Waals surface area contributed by atoms with Crippen LogP contribution in [0.1, 0.15) is 5.56 Å². The molecule has 24 heavy (non-hydrogen) atoms. The van der Waals surface area contributed by atoms with E-state index in [9.17, 15) is 0 Å². The Morgan fingerprint density at radius 2 is 1.96 bits per heavy atom. The lowest BCUT2D eigenvalue weighted by Crippen LogP contribution is -2.46. The Morgan fingerprint density at radius 3 is 2.79 bits per heavy atom. The molecule has 6 heteroatoms. The van der Waals surface area contributed by atoms with E-state index in [0.29, 0.717) is 5.88 Å². The molecule has 6 nitrogen and oxygen atoms in total. The zero-order valence-corrected chi connectivity index (χ0v) is 13.7. The standard InChI is InChI=1S/C18H20N4O2/c1-23-18-10-17(19-13-20-18)22-8-6-21(7-9-22)11-14-12-24-16-5-3-2-4-15(14)16/h2-5,10,12-13H,6-9,11H2,1H3. The molecule has 4 rings (SSSR count). The Kier molecular flexibility index (Phi) is 4.04. The van der Waals surface area contributed by atoms with Gasteiger partial charge in [0.05, 0.1) is 13.4 Å². The minimum Gasteiger partial charge on any atom is -0.481 e. The molecule has 0 bridgehead atoms. The summed E-state index contributed by atoms with van der Waals surface area (Å²) in [5, 5.41) is 1.21. The van der Waals surface area contributed by atoms with Crippen LogP contribution in [0, 0.1) is 0 Å². The van der Waals surface area contributed by atoms with Gasteiger partial charge in [-0.2, -0.15) is 0 Å². The molecule has 3 heterocycles. The minimum absolute atomic E-state index is 0.604. The summed E-state index contributed by atoms with van der Waals surface area (Å²) in [7, 11) is 1.62. The van der Waals surface area contributed by atoms with Gasteiger partial charge in [0.15, 0.2) is 0 Å². The maximum Gasteiger partial charge on any atom is 0.218 e. The molecule has 1 saturated heterocycles. The molecule has 0 amide bonds. The third kappa shape index (κ3) is 2.92. The van der Waals surface area contributed by atoms with Crippen molar-refractivity contribution in [2.24, 2.45) is 0 Å². The SMILES string of the molecule is COc1cc(N2CCN(Cc3coc4ccccc34)CC2)ncn1. The largest absolute Gasteiger partial charge is 0.481 e. The van der Waals surface area contributed by atoms with Gasteiger partial charge in [-0.25, -0.2) is 9.97 Å². The fourth-order valence-electron chi connectivity index (χ4n) is 3.15. The van der Waals surface area contributed by atoms with Crippen LogP contribution < -0.4 is 9.64 Å². The number of rotatable bonds is 4. The average Bonchev–Trinajstić information content (AvgIpc) is 3.05. The summed E-state index contributed by atoms with van der Waals surface area (Å²) in [6, 6.07) is 10.1. The van der Waals surface area contributed by atoms with Crippen molar-refractivity contribution in [3.05, 3.63) is 48.5 Å². The van der Waals surface area contributed by atoms with Crippen LogP contribution in [0.2, 0.25) is 0 Å². The van der Waals surface area contributed by atoms with Crippen molar-refractivity contribution < 1.29 is 9.15 Å². The van der Waals surface area contributed by atoms with Crippen LogP contribution in [0.15, 0.2) is 47.3 Å². The quantitative estimate of drug-likeness (QED) is 0.735. The van der Waals surface area contributed by atoms with Crippen LogP contribution in [-0.4, -0.2) is 48.2 Å². The number of hydrogen-bond acceptors (Lipinski definition) is 6. The average molecular weight is 324 g/mol. The van der Waals surface area contributed by atoms with Crippen molar-refractivity contribution in [1.82, 2.24) is 14.9 Å². The predicted octanol–water partition coefficient (Wildman–Crippen LogP) is 2.55. The van der Waals surface area contributed by atoms with Gasteiger partial charge in [0, 0.05) is 49.7 Å². The summed E-state index contributed by atoms with van der Waals surface area (Å²) in [4.78, 5) is 13.1. The summed E-state index contributed by atoms with van der Waals surface area (Å²) in [6.07, 6.45) is 3.43. The van der Waals surface area contributed by atoms with Gasteiger partial charge in [-0.05, 0) is 6.07 Å². The molecule has 0 unspecified atom stereocenters. The van der Waals surface area contributed by atoms with Gasteiger partial charge in [0.25, 0.3) is 0 Å². The molecule has 0 atom stereocenters. The van der Waals surface area contributed by atoms with E-state index in [0.717, 1.165) is 44.1 Å². The molecule has 1 aromatic carbocycles. The molecule has 0 radical (unpaired) electrons. The molecular formula is C18H20N4O2. The lowest BCUT2D eigenvalue weighted by atomic mass is 10.1. The smallest absolute Gasteiger partial charge is 0.218 e. The van der Waals surface area contributed by atoms with Crippen molar-refractivity contribution in [2.45, 2.75) is 6.54 Å². The summed E-state index contributed by atoms with van der Waals surface area (Å²) in [6.45, 7) is 4.78. The second-order valence-electron chi connectivity index (χ2n) is 5.94. The number of benzene rings is 1. The van der Waals surface area contributed by atoms with Gasteiger partial charge < -0.3 is 14.1 Å². The molecule has 1 aliphatic rings. The van der Waals surface area contributed by atoms with Gasteiger partial charge in [-0.3, -0.25) is 4.90 Å². The van der Waals surface area contributed by atoms with E-state index in [-0.39, 0.29) is 0 Å². The van der Waals surface area contributed by atoms with Crippen LogP contribution in [0.4, 0.5) is 5.82 Å².